The van der Waals surface area contributed by atoms with Crippen LogP contribution in [0.2, 0.25) is 0 Å². The number of hydrogen-bond donors (Lipinski definition) is 2. The number of halogens is 1. The van der Waals surface area contributed by atoms with E-state index in [1.54, 1.807) is 0 Å². The van der Waals surface area contributed by atoms with E-state index in [0.29, 0.717) is 44.4 Å². The molecule has 1 heterocycles. The second-order valence-electron chi connectivity index (χ2n) is 7.45. The van der Waals surface area contributed by atoms with Crippen LogP contribution >= 0.6 is 24.0 Å². The number of guanidine groups is 1. The lowest BCUT2D eigenvalue weighted by Gasteiger charge is -2.15. The van der Waals surface area contributed by atoms with Gasteiger partial charge < -0.3 is 16.0 Å². The third-order valence-electron chi connectivity index (χ3n) is 5.39. The number of fused-ring (bicyclic) bond motifs is 1. The number of hydrogen-bond acceptors (Lipinski definition) is 2. The van der Waals surface area contributed by atoms with Gasteiger partial charge in [0.05, 0.1) is 0 Å². The second-order valence-corrected chi connectivity index (χ2v) is 7.45. The Hall–Kier alpha value is -2.09. The van der Waals surface area contributed by atoms with Gasteiger partial charge in [-0.2, -0.15) is 0 Å². The molecular weight excluding hydrogens is 475 g/mol. The van der Waals surface area contributed by atoms with E-state index in [2.05, 4.69) is 48.4 Å². The molecule has 3 rings (SSSR count). The fourth-order valence-corrected chi connectivity index (χ4v) is 3.42. The van der Waals surface area contributed by atoms with Crippen molar-refractivity contribution in [1.82, 2.24) is 4.90 Å². The number of nitrogens with one attached hydrogen (secondary N) is 1. The molecule has 0 radical (unpaired) electrons. The standard InChI is InChI=1S/C23H30N4O.HI/c1-3-17(2)18-10-12-21(13-11-18)26-23(24)25-14-6-9-22(28)27-15-19-7-4-5-8-20(19)16-27;/h4-5,7-8,10-13,17H,3,6,9,14-16H2,1-2H3,(H3,24,25,26);1H. The quantitative estimate of drug-likeness (QED) is 0.244. The number of aliphatic imine (C=N–C) groups is 1. The lowest BCUT2D eigenvalue weighted by Crippen LogP contribution is -2.25. The molecule has 5 nitrogen and oxygen atoms in total. The van der Waals surface area contributed by atoms with Gasteiger partial charge in [-0.15, -0.1) is 24.0 Å². The highest BCUT2D eigenvalue weighted by Crippen LogP contribution is 2.23. The summed E-state index contributed by atoms with van der Waals surface area (Å²) in [5.41, 5.74) is 10.7. The van der Waals surface area contributed by atoms with E-state index in [0.717, 1.165) is 12.1 Å². The molecule has 1 amide bonds. The third kappa shape index (κ3) is 6.45. The molecule has 3 N–H and O–H groups in total. The Morgan fingerprint density at radius 2 is 1.76 bits per heavy atom. The fourth-order valence-electron chi connectivity index (χ4n) is 3.42. The van der Waals surface area contributed by atoms with Crippen molar-refractivity contribution in [2.45, 2.75) is 52.1 Å². The molecule has 156 valence electrons. The zero-order valence-electron chi connectivity index (χ0n) is 17.2. The highest BCUT2D eigenvalue weighted by atomic mass is 127. The predicted octanol–water partition coefficient (Wildman–Crippen LogP) is 4.87. The molecular formula is C23H31IN4O. The molecule has 0 fully saturated rings. The predicted molar refractivity (Wildman–Crippen MR) is 131 cm³/mol. The monoisotopic (exact) mass is 506 g/mol. The summed E-state index contributed by atoms with van der Waals surface area (Å²) in [6, 6.07) is 16.5. The number of amides is 1. The van der Waals surface area contributed by atoms with Crippen molar-refractivity contribution in [1.29, 1.82) is 0 Å². The second kappa shape index (κ2) is 11.2. The van der Waals surface area contributed by atoms with Crippen LogP contribution in [0.5, 0.6) is 0 Å². The highest BCUT2D eigenvalue weighted by molar-refractivity contribution is 14.0. The zero-order valence-corrected chi connectivity index (χ0v) is 19.6. The minimum absolute atomic E-state index is 0. The van der Waals surface area contributed by atoms with Gasteiger partial charge in [0.2, 0.25) is 5.91 Å². The van der Waals surface area contributed by atoms with E-state index in [9.17, 15) is 4.79 Å². The smallest absolute Gasteiger partial charge is 0.223 e. The zero-order chi connectivity index (χ0) is 19.9. The van der Waals surface area contributed by atoms with E-state index < -0.39 is 0 Å². The lowest BCUT2D eigenvalue weighted by atomic mass is 9.99. The molecule has 0 saturated carbocycles. The van der Waals surface area contributed by atoms with Gasteiger partial charge >= 0.3 is 0 Å². The summed E-state index contributed by atoms with van der Waals surface area (Å²) in [7, 11) is 0. The van der Waals surface area contributed by atoms with Gasteiger partial charge in [-0.1, -0.05) is 50.2 Å². The fraction of sp³-hybridized carbons (Fsp3) is 0.391. The van der Waals surface area contributed by atoms with Gasteiger partial charge in [0.25, 0.3) is 0 Å². The number of nitrogens with zero attached hydrogens (tertiary/aromatic N) is 2. The van der Waals surface area contributed by atoms with Crippen LogP contribution in [0.15, 0.2) is 53.5 Å². The molecule has 1 aliphatic rings. The van der Waals surface area contributed by atoms with Crippen LogP contribution in [0.1, 0.15) is 55.7 Å². The summed E-state index contributed by atoms with van der Waals surface area (Å²) in [4.78, 5) is 18.6. The average Bonchev–Trinajstić information content (AvgIpc) is 3.15. The molecule has 2 aromatic carbocycles. The Kier molecular flexibility index (Phi) is 8.95. The number of carbonyl (C=O) groups is 1. The van der Waals surface area contributed by atoms with Crippen molar-refractivity contribution < 1.29 is 4.79 Å². The Morgan fingerprint density at radius 1 is 1.14 bits per heavy atom. The van der Waals surface area contributed by atoms with Crippen molar-refractivity contribution in [3.05, 3.63) is 65.2 Å². The maximum Gasteiger partial charge on any atom is 0.223 e. The normalized spacial score (nSPS) is 14.1. The highest BCUT2D eigenvalue weighted by Gasteiger charge is 2.22. The van der Waals surface area contributed by atoms with E-state index >= 15 is 0 Å². The summed E-state index contributed by atoms with van der Waals surface area (Å²) in [6.07, 6.45) is 2.31. The van der Waals surface area contributed by atoms with Crippen LogP contribution in [0, 0.1) is 0 Å². The third-order valence-corrected chi connectivity index (χ3v) is 5.39. The van der Waals surface area contributed by atoms with Crippen LogP contribution < -0.4 is 11.1 Å². The Balaban J connectivity index is 0.00000300. The van der Waals surface area contributed by atoms with Gasteiger partial charge in [0.15, 0.2) is 5.96 Å². The van der Waals surface area contributed by atoms with E-state index in [1.165, 1.54) is 16.7 Å². The van der Waals surface area contributed by atoms with Crippen molar-refractivity contribution in [3.8, 4) is 0 Å². The minimum atomic E-state index is 0. The topological polar surface area (TPSA) is 70.7 Å². The minimum Gasteiger partial charge on any atom is -0.370 e. The van der Waals surface area contributed by atoms with Crippen molar-refractivity contribution in [2.75, 3.05) is 11.9 Å². The van der Waals surface area contributed by atoms with Gasteiger partial charge in [-0.05, 0) is 47.6 Å². The van der Waals surface area contributed by atoms with Gasteiger partial charge in [0, 0.05) is 31.7 Å². The van der Waals surface area contributed by atoms with Crippen LogP contribution in [-0.4, -0.2) is 23.3 Å². The van der Waals surface area contributed by atoms with Gasteiger partial charge in [0.1, 0.15) is 0 Å². The molecule has 6 heteroatoms. The molecule has 0 aromatic heterocycles. The Bertz CT molecular complexity index is 810. The molecule has 29 heavy (non-hydrogen) atoms. The molecule has 1 atom stereocenters. The summed E-state index contributed by atoms with van der Waals surface area (Å²) in [5.74, 6) is 1.12. The SMILES string of the molecule is CCC(C)c1ccc(NC(N)=NCCCC(=O)N2Cc3ccccc3C2)cc1.I. The summed E-state index contributed by atoms with van der Waals surface area (Å²) in [5, 5.41) is 3.11. The van der Waals surface area contributed by atoms with Crippen molar-refractivity contribution in [2.24, 2.45) is 10.7 Å². The van der Waals surface area contributed by atoms with Crippen LogP contribution in [0.25, 0.3) is 0 Å². The van der Waals surface area contributed by atoms with Crippen LogP contribution in [-0.2, 0) is 17.9 Å². The average molecular weight is 506 g/mol. The van der Waals surface area contributed by atoms with Crippen LogP contribution in [0.4, 0.5) is 5.69 Å². The first-order valence-electron chi connectivity index (χ1n) is 10.1. The van der Waals surface area contributed by atoms with Gasteiger partial charge in [-0.25, -0.2) is 0 Å². The summed E-state index contributed by atoms with van der Waals surface area (Å²) >= 11 is 0. The molecule has 0 bridgehead atoms. The number of rotatable bonds is 7. The van der Waals surface area contributed by atoms with E-state index in [1.807, 2.05) is 29.2 Å². The Morgan fingerprint density at radius 3 is 2.34 bits per heavy atom. The Labute approximate surface area is 190 Å². The number of carbonyl (C=O) groups excluding carboxylic acids is 1. The molecule has 0 aliphatic carbocycles. The van der Waals surface area contributed by atoms with E-state index in [4.69, 9.17) is 5.73 Å². The molecule has 1 aliphatic heterocycles. The molecule has 0 spiro atoms. The summed E-state index contributed by atoms with van der Waals surface area (Å²) in [6.45, 7) is 6.38. The first-order valence-corrected chi connectivity index (χ1v) is 10.1. The molecule has 2 aromatic rings. The van der Waals surface area contributed by atoms with Crippen molar-refractivity contribution >= 4 is 41.5 Å². The largest absolute Gasteiger partial charge is 0.370 e. The summed E-state index contributed by atoms with van der Waals surface area (Å²) < 4.78 is 0. The van der Waals surface area contributed by atoms with E-state index in [-0.39, 0.29) is 29.9 Å². The first-order chi connectivity index (χ1) is 13.6. The molecule has 0 saturated heterocycles. The van der Waals surface area contributed by atoms with Gasteiger partial charge in [-0.3, -0.25) is 9.79 Å². The maximum absolute atomic E-state index is 12.4. The molecule has 1 unspecified atom stereocenters. The first kappa shape index (κ1) is 23.2. The number of nitrogens with two attached hydrogens (primary N) is 1. The lowest BCUT2D eigenvalue weighted by molar-refractivity contribution is -0.131. The maximum atomic E-state index is 12.4. The van der Waals surface area contributed by atoms with Crippen LogP contribution in [0.3, 0.4) is 0 Å². The number of anilines is 1. The van der Waals surface area contributed by atoms with Crippen molar-refractivity contribution in [3.63, 3.8) is 0 Å². The number of benzene rings is 2.